The van der Waals surface area contributed by atoms with Crippen LogP contribution in [-0.2, 0) is 6.42 Å². The molecule has 0 radical (unpaired) electrons. The van der Waals surface area contributed by atoms with Gasteiger partial charge in [0.15, 0.2) is 0 Å². The third-order valence-electron chi connectivity index (χ3n) is 2.70. The molecule has 1 aromatic carbocycles. The van der Waals surface area contributed by atoms with Crippen molar-refractivity contribution in [2.75, 3.05) is 0 Å². The van der Waals surface area contributed by atoms with Crippen LogP contribution in [0.4, 0.5) is 0 Å². The maximum Gasteiger partial charge on any atom is 0.101 e. The summed E-state index contributed by atoms with van der Waals surface area (Å²) in [6.45, 7) is 2.03. The zero-order valence-electron chi connectivity index (χ0n) is 9.90. The average molecular weight is 282 g/mol. The standard InChI is InChI=1S/C14H13Cl2NO/c1-9-2-4-10(5-3-9)6-13(18)14-12(16)7-11(15)8-17-14/h2-5,7-8,13,18H,6H2,1H3. The summed E-state index contributed by atoms with van der Waals surface area (Å²) in [5.41, 5.74) is 2.69. The molecular formula is C14H13Cl2NO. The summed E-state index contributed by atoms with van der Waals surface area (Å²) in [4.78, 5) is 4.08. The number of aromatic nitrogens is 1. The molecule has 94 valence electrons. The van der Waals surface area contributed by atoms with Crippen LogP contribution < -0.4 is 0 Å². The normalized spacial score (nSPS) is 12.4. The first kappa shape index (κ1) is 13.3. The van der Waals surface area contributed by atoms with Crippen LogP contribution in [0.25, 0.3) is 0 Å². The molecule has 2 aromatic rings. The highest BCUT2D eigenvalue weighted by molar-refractivity contribution is 6.34. The van der Waals surface area contributed by atoms with Crippen molar-refractivity contribution < 1.29 is 5.11 Å². The van der Waals surface area contributed by atoms with E-state index in [1.807, 2.05) is 31.2 Å². The molecule has 2 nitrogen and oxygen atoms in total. The van der Waals surface area contributed by atoms with Gasteiger partial charge in [0.1, 0.15) is 6.10 Å². The second-order valence-electron chi connectivity index (χ2n) is 4.23. The van der Waals surface area contributed by atoms with Crippen molar-refractivity contribution in [1.29, 1.82) is 0 Å². The SMILES string of the molecule is Cc1ccc(CC(O)c2ncc(Cl)cc2Cl)cc1. The van der Waals surface area contributed by atoms with Crippen LogP contribution >= 0.6 is 23.2 Å². The lowest BCUT2D eigenvalue weighted by atomic mass is 10.0. The Morgan fingerprint density at radius 1 is 1.22 bits per heavy atom. The number of nitrogens with zero attached hydrogens (tertiary/aromatic N) is 1. The van der Waals surface area contributed by atoms with Crippen molar-refractivity contribution in [1.82, 2.24) is 4.98 Å². The van der Waals surface area contributed by atoms with Crippen LogP contribution in [0.2, 0.25) is 10.0 Å². The molecule has 0 bridgehead atoms. The number of halogens is 2. The van der Waals surface area contributed by atoms with E-state index >= 15 is 0 Å². The van der Waals surface area contributed by atoms with Gasteiger partial charge in [-0.2, -0.15) is 0 Å². The zero-order valence-corrected chi connectivity index (χ0v) is 11.4. The predicted octanol–water partition coefficient (Wildman–Crippen LogP) is 3.97. The van der Waals surface area contributed by atoms with Gasteiger partial charge in [-0.1, -0.05) is 53.0 Å². The second-order valence-corrected chi connectivity index (χ2v) is 5.07. The van der Waals surface area contributed by atoms with Gasteiger partial charge in [-0.3, -0.25) is 4.98 Å². The Bertz CT molecular complexity index is 540. The minimum Gasteiger partial charge on any atom is -0.386 e. The van der Waals surface area contributed by atoms with Crippen LogP contribution in [0.3, 0.4) is 0 Å². The van der Waals surface area contributed by atoms with Gasteiger partial charge in [0.2, 0.25) is 0 Å². The fraction of sp³-hybridized carbons (Fsp3) is 0.214. The lowest BCUT2D eigenvalue weighted by Crippen LogP contribution is -2.05. The van der Waals surface area contributed by atoms with E-state index in [2.05, 4.69) is 4.98 Å². The Kier molecular flexibility index (Phi) is 4.23. The number of aliphatic hydroxyl groups is 1. The molecular weight excluding hydrogens is 269 g/mol. The third kappa shape index (κ3) is 3.22. The second kappa shape index (κ2) is 5.70. The third-order valence-corrected chi connectivity index (χ3v) is 3.21. The van der Waals surface area contributed by atoms with E-state index in [-0.39, 0.29) is 0 Å². The van der Waals surface area contributed by atoms with E-state index < -0.39 is 6.10 Å². The molecule has 18 heavy (non-hydrogen) atoms. The van der Waals surface area contributed by atoms with Crippen LogP contribution in [0.1, 0.15) is 22.9 Å². The number of hydrogen-bond donors (Lipinski definition) is 1. The fourth-order valence-electron chi connectivity index (χ4n) is 1.71. The Labute approximate surface area is 116 Å². The van der Waals surface area contributed by atoms with Crippen molar-refractivity contribution in [3.05, 3.63) is 63.4 Å². The summed E-state index contributed by atoms with van der Waals surface area (Å²) in [6, 6.07) is 9.59. The predicted molar refractivity (Wildman–Crippen MR) is 74.1 cm³/mol. The summed E-state index contributed by atoms with van der Waals surface area (Å²) < 4.78 is 0. The Hall–Kier alpha value is -1.09. The number of rotatable bonds is 3. The number of benzene rings is 1. The van der Waals surface area contributed by atoms with Crippen molar-refractivity contribution in [3.63, 3.8) is 0 Å². The molecule has 0 spiro atoms. The van der Waals surface area contributed by atoms with Gasteiger partial charge in [-0.05, 0) is 18.6 Å². The molecule has 1 unspecified atom stereocenters. The van der Waals surface area contributed by atoms with Gasteiger partial charge in [-0.15, -0.1) is 0 Å². The van der Waals surface area contributed by atoms with E-state index in [0.29, 0.717) is 22.2 Å². The lowest BCUT2D eigenvalue weighted by molar-refractivity contribution is 0.173. The van der Waals surface area contributed by atoms with Gasteiger partial charge in [0, 0.05) is 12.6 Å². The molecule has 1 N–H and O–H groups in total. The van der Waals surface area contributed by atoms with Crippen molar-refractivity contribution in [2.45, 2.75) is 19.4 Å². The van der Waals surface area contributed by atoms with Crippen molar-refractivity contribution in [3.8, 4) is 0 Å². The van der Waals surface area contributed by atoms with Gasteiger partial charge in [-0.25, -0.2) is 0 Å². The molecule has 0 aliphatic rings. The zero-order chi connectivity index (χ0) is 13.1. The summed E-state index contributed by atoms with van der Waals surface area (Å²) >= 11 is 11.8. The van der Waals surface area contributed by atoms with Crippen molar-refractivity contribution >= 4 is 23.2 Å². The van der Waals surface area contributed by atoms with E-state index in [4.69, 9.17) is 23.2 Å². The van der Waals surface area contributed by atoms with E-state index in [1.165, 1.54) is 11.8 Å². The fourth-order valence-corrected chi connectivity index (χ4v) is 2.22. The maximum absolute atomic E-state index is 10.1. The first-order valence-corrected chi connectivity index (χ1v) is 6.36. The van der Waals surface area contributed by atoms with E-state index in [0.717, 1.165) is 5.56 Å². The van der Waals surface area contributed by atoms with Crippen LogP contribution in [0.15, 0.2) is 36.5 Å². The molecule has 1 heterocycles. The van der Waals surface area contributed by atoms with E-state index in [1.54, 1.807) is 6.07 Å². The molecule has 0 saturated heterocycles. The minimum absolute atomic E-state index is 0.391. The van der Waals surface area contributed by atoms with Gasteiger partial charge < -0.3 is 5.11 Å². The number of aliphatic hydroxyl groups excluding tert-OH is 1. The smallest absolute Gasteiger partial charge is 0.101 e. The van der Waals surface area contributed by atoms with Crippen LogP contribution in [0.5, 0.6) is 0 Å². The summed E-state index contributed by atoms with van der Waals surface area (Å²) in [5, 5.41) is 11.0. The highest BCUT2D eigenvalue weighted by Gasteiger charge is 2.14. The average Bonchev–Trinajstić information content (AvgIpc) is 2.32. The quantitative estimate of drug-likeness (QED) is 0.923. The largest absolute Gasteiger partial charge is 0.386 e. The lowest BCUT2D eigenvalue weighted by Gasteiger charge is -2.12. The van der Waals surface area contributed by atoms with Gasteiger partial charge >= 0.3 is 0 Å². The van der Waals surface area contributed by atoms with Gasteiger partial charge in [0.05, 0.1) is 15.7 Å². The molecule has 0 aliphatic carbocycles. The Balaban J connectivity index is 2.16. The monoisotopic (exact) mass is 281 g/mol. The first-order valence-electron chi connectivity index (χ1n) is 5.61. The summed E-state index contributed by atoms with van der Waals surface area (Å²) in [5.74, 6) is 0. The Morgan fingerprint density at radius 2 is 1.89 bits per heavy atom. The number of hydrogen-bond acceptors (Lipinski definition) is 2. The molecule has 0 fully saturated rings. The molecule has 1 aromatic heterocycles. The molecule has 2 rings (SSSR count). The highest BCUT2D eigenvalue weighted by Crippen LogP contribution is 2.26. The van der Waals surface area contributed by atoms with Crippen LogP contribution in [-0.4, -0.2) is 10.1 Å². The number of aryl methyl sites for hydroxylation is 1. The highest BCUT2D eigenvalue weighted by atomic mass is 35.5. The molecule has 0 amide bonds. The van der Waals surface area contributed by atoms with Crippen LogP contribution in [0, 0.1) is 6.92 Å². The van der Waals surface area contributed by atoms with Crippen molar-refractivity contribution in [2.24, 2.45) is 0 Å². The number of pyridine rings is 1. The molecule has 4 heteroatoms. The molecule has 1 atom stereocenters. The van der Waals surface area contributed by atoms with Gasteiger partial charge in [0.25, 0.3) is 0 Å². The summed E-state index contributed by atoms with van der Waals surface area (Å²) in [7, 11) is 0. The van der Waals surface area contributed by atoms with E-state index in [9.17, 15) is 5.11 Å². The topological polar surface area (TPSA) is 33.1 Å². The minimum atomic E-state index is -0.725. The maximum atomic E-state index is 10.1. The summed E-state index contributed by atoms with van der Waals surface area (Å²) in [6.07, 6.45) is 1.24. The Morgan fingerprint density at radius 3 is 2.50 bits per heavy atom. The molecule has 0 aliphatic heterocycles. The first-order chi connectivity index (χ1) is 8.56. The molecule has 0 saturated carbocycles.